The molecule has 0 amide bonds. The van der Waals surface area contributed by atoms with Gasteiger partial charge in [-0.25, -0.2) is 0 Å². The van der Waals surface area contributed by atoms with E-state index in [4.69, 9.17) is 11.6 Å². The van der Waals surface area contributed by atoms with E-state index in [2.05, 4.69) is 0 Å². The number of fused-ring (bicyclic) bond motifs is 10. The van der Waals surface area contributed by atoms with Crippen molar-refractivity contribution in [1.29, 1.82) is 0 Å². The van der Waals surface area contributed by atoms with Gasteiger partial charge in [0, 0.05) is 0 Å². The Labute approximate surface area is 72.7 Å². The summed E-state index contributed by atoms with van der Waals surface area (Å²) in [6, 6.07) is 0. The second-order valence-corrected chi connectivity index (χ2v) is 34.1. The molecule has 0 aromatic heterocycles. The van der Waals surface area contributed by atoms with E-state index in [1.54, 1.807) is 0 Å². The molecule has 0 aromatic rings. The summed E-state index contributed by atoms with van der Waals surface area (Å²) in [4.78, 5) is 12.6. The molecule has 0 radical (unpaired) electrons. The van der Waals surface area contributed by atoms with Gasteiger partial charge < -0.3 is 0 Å². The standard InChI is InChI=1S/C5H4Cl.C5H5.CH4.Fe/c6-5-3-1-2-4-5;1-2-4-5-3-1;;/h1-4H;1-5H;1H4;. The maximum absolute atomic E-state index is 7.08. The zero-order chi connectivity index (χ0) is 7.01. The quantitative estimate of drug-likeness (QED) is 0.438. The van der Waals surface area contributed by atoms with Gasteiger partial charge in [-0.2, -0.15) is 0 Å². The normalized spacial score (nSPS) is 151. The van der Waals surface area contributed by atoms with Crippen molar-refractivity contribution < 1.29 is 6.51 Å². The number of rotatable bonds is 0. The Bertz CT molecular complexity index is 755. The maximum atomic E-state index is 7.08. The fraction of sp³-hybridized carbons (Fsp3) is 1.00. The van der Waals surface area contributed by atoms with Gasteiger partial charge in [-0.3, -0.25) is 0 Å². The van der Waals surface area contributed by atoms with Crippen LogP contribution in [0.25, 0.3) is 0 Å². The molecule has 0 aliphatic carbocycles. The molecular formula is C11H13ClFe. The van der Waals surface area contributed by atoms with Gasteiger partial charge in [-0.1, -0.05) is 7.43 Å². The van der Waals surface area contributed by atoms with Crippen LogP contribution in [0.2, 0.25) is 43.3 Å². The van der Waals surface area contributed by atoms with Gasteiger partial charge in [0.05, 0.1) is 0 Å². The minimum atomic E-state index is -2.69. The third kappa shape index (κ3) is 0.0327. The molecule has 1 spiro atoms. The molecule has 0 N–H and O–H groups in total. The summed E-state index contributed by atoms with van der Waals surface area (Å²) in [6.45, 7) is -2.69. The van der Waals surface area contributed by atoms with E-state index in [0.29, 0.717) is 3.77 Å². The summed E-state index contributed by atoms with van der Waals surface area (Å²) in [5, 5.41) is 0. The summed E-state index contributed by atoms with van der Waals surface area (Å²) in [5.41, 5.74) is 0. The van der Waals surface area contributed by atoms with Crippen molar-refractivity contribution in [2.45, 2.75) is 54.5 Å². The molecule has 10 heterocycles. The number of hydrogen-bond donors (Lipinski definition) is 0. The number of hydrogen-bond acceptors (Lipinski definition) is 0. The second kappa shape index (κ2) is 0.288. The van der Waals surface area contributed by atoms with Gasteiger partial charge in [0.2, 0.25) is 0 Å². The van der Waals surface area contributed by atoms with Gasteiger partial charge in [-0.05, 0) is 0 Å². The number of alkyl halides is 1. The summed E-state index contributed by atoms with van der Waals surface area (Å²) in [5.74, 6) is 0. The first-order valence-electron chi connectivity index (χ1n) is 5.45. The van der Waals surface area contributed by atoms with Crippen LogP contribution in [-0.4, -0.2) is 3.77 Å². The van der Waals surface area contributed by atoms with Gasteiger partial charge in [0.25, 0.3) is 0 Å². The van der Waals surface area contributed by atoms with Crippen molar-refractivity contribution in [3.8, 4) is 0 Å². The SMILES string of the molecule is C.Cl[C]12[CH]3[CH]4[CH]5[CH]1[Fe]45321678[CH]2[CH]1[CH]6[CH]7[CH]28. The molecule has 10 rings (SSSR count). The van der Waals surface area contributed by atoms with Crippen LogP contribution < -0.4 is 0 Å². The second-order valence-electron chi connectivity index (χ2n) is 9.59. The average Bonchev–Trinajstić information content (AvgIpc) is 2.97. The zero-order valence-corrected chi connectivity index (χ0v) is 8.29. The van der Waals surface area contributed by atoms with Crippen LogP contribution in [0.15, 0.2) is 0 Å². The predicted molar refractivity (Wildman–Crippen MR) is 49.1 cm³/mol. The summed E-state index contributed by atoms with van der Waals surface area (Å²) in [7, 11) is 0. The number of halogens is 1. The first-order chi connectivity index (χ1) is 5.55. The van der Waals surface area contributed by atoms with Crippen molar-refractivity contribution in [3.05, 3.63) is 0 Å². The van der Waals surface area contributed by atoms with E-state index in [0.717, 1.165) is 0 Å². The Morgan fingerprint density at radius 1 is 0.769 bits per heavy atom. The third-order valence-corrected chi connectivity index (χ3v) is 59.9. The van der Waals surface area contributed by atoms with Crippen LogP contribution in [0, 0.1) is 0 Å². The van der Waals surface area contributed by atoms with Gasteiger partial charge in [0.15, 0.2) is 0 Å². The van der Waals surface area contributed by atoms with Crippen LogP contribution in [0.1, 0.15) is 7.43 Å². The molecule has 4 atom stereocenters. The van der Waals surface area contributed by atoms with Gasteiger partial charge in [-0.15, -0.1) is 0 Å². The zero-order valence-electron chi connectivity index (χ0n) is 6.43. The van der Waals surface area contributed by atoms with Crippen LogP contribution in [0.4, 0.5) is 0 Å². The topological polar surface area (TPSA) is 0 Å². The molecule has 72 valence electrons. The fourth-order valence-corrected chi connectivity index (χ4v) is 93.8. The van der Waals surface area contributed by atoms with Crippen molar-refractivity contribution >= 4 is 11.6 Å². The molecular weight excluding hydrogens is 223 g/mol. The van der Waals surface area contributed by atoms with Crippen LogP contribution in [-0.2, 0) is 6.51 Å². The van der Waals surface area contributed by atoms with E-state index in [9.17, 15) is 0 Å². The van der Waals surface area contributed by atoms with E-state index in [1.807, 2.05) is 0 Å². The van der Waals surface area contributed by atoms with Crippen LogP contribution in [0.5, 0.6) is 0 Å². The summed E-state index contributed by atoms with van der Waals surface area (Å²) in [6.07, 6.45) is 0. The minimum absolute atomic E-state index is 0. The molecule has 0 nitrogen and oxygen atoms in total. The molecule has 10 aliphatic heterocycles. The molecule has 2 heteroatoms. The van der Waals surface area contributed by atoms with Gasteiger partial charge in [0.1, 0.15) is 0 Å². The molecule has 0 aromatic carbocycles. The molecule has 0 saturated carbocycles. The van der Waals surface area contributed by atoms with E-state index < -0.39 is 6.51 Å². The Balaban J connectivity index is 0.000000441. The van der Waals surface area contributed by atoms with E-state index in [1.165, 1.54) is 43.3 Å². The monoisotopic (exact) mass is 236 g/mol. The summed E-state index contributed by atoms with van der Waals surface area (Å²) >= 11 is 7.08. The predicted octanol–water partition coefficient (Wildman–Crippen LogP) is 4.16. The fourth-order valence-electron chi connectivity index (χ4n) is 15.9. The van der Waals surface area contributed by atoms with E-state index >= 15 is 0 Å². The van der Waals surface area contributed by atoms with Gasteiger partial charge >= 0.3 is 65.2 Å². The molecule has 10 saturated heterocycles. The molecule has 13 heavy (non-hydrogen) atoms. The van der Waals surface area contributed by atoms with Crippen molar-refractivity contribution in [2.75, 3.05) is 0 Å². The van der Waals surface area contributed by atoms with Crippen molar-refractivity contribution in [3.63, 3.8) is 0 Å². The molecule has 10 fully saturated rings. The van der Waals surface area contributed by atoms with Crippen molar-refractivity contribution in [2.24, 2.45) is 0 Å². The molecule has 0 bridgehead atoms. The Morgan fingerprint density at radius 3 is 1.15 bits per heavy atom. The Hall–Kier alpha value is 0.809. The third-order valence-electron chi connectivity index (χ3n) is 14.5. The van der Waals surface area contributed by atoms with E-state index in [-0.39, 0.29) is 7.43 Å². The molecule has 4 unspecified atom stereocenters. The van der Waals surface area contributed by atoms with Crippen molar-refractivity contribution in [1.82, 2.24) is 0 Å². The van der Waals surface area contributed by atoms with Crippen LogP contribution >= 0.6 is 11.6 Å². The summed E-state index contributed by atoms with van der Waals surface area (Å²) < 4.78 is 0.666. The Morgan fingerprint density at radius 2 is 1.15 bits per heavy atom. The first kappa shape index (κ1) is 4.76. The first-order valence-corrected chi connectivity index (χ1v) is 12.1. The Kier molecular flexibility index (Phi) is 0.105. The molecule has 10 aliphatic rings. The van der Waals surface area contributed by atoms with Crippen LogP contribution in [0.3, 0.4) is 0 Å². The average molecular weight is 237 g/mol.